The molecule has 0 bridgehead atoms. The summed E-state index contributed by atoms with van der Waals surface area (Å²) < 4.78 is 5.44. The first-order chi connectivity index (χ1) is 13.8. The minimum Gasteiger partial charge on any atom is -0.496 e. The third kappa shape index (κ3) is 3.97. The van der Waals surface area contributed by atoms with Gasteiger partial charge in [-0.1, -0.05) is 37.5 Å². The Morgan fingerprint density at radius 2 is 2.00 bits per heavy atom. The summed E-state index contributed by atoms with van der Waals surface area (Å²) in [5.74, 6) is 0.788. The number of ether oxygens (including phenoxy) is 1. The molecule has 0 unspecified atom stereocenters. The molecular formula is C22H23N3O2S. The lowest BCUT2D eigenvalue weighted by atomic mass is 9.94. The van der Waals surface area contributed by atoms with Crippen LogP contribution in [0.1, 0.15) is 37.7 Å². The number of hydrogen-bond donors (Lipinski definition) is 0. The largest absolute Gasteiger partial charge is 0.496 e. The van der Waals surface area contributed by atoms with Crippen LogP contribution in [0.3, 0.4) is 0 Å². The molecule has 28 heavy (non-hydrogen) atoms. The van der Waals surface area contributed by atoms with E-state index in [2.05, 4.69) is 4.98 Å². The summed E-state index contributed by atoms with van der Waals surface area (Å²) >= 11 is 1.43. The normalized spacial score (nSPS) is 20.9. The molecule has 1 aromatic heterocycles. The summed E-state index contributed by atoms with van der Waals surface area (Å²) in [4.78, 5) is 24.8. The van der Waals surface area contributed by atoms with Crippen molar-refractivity contribution in [2.24, 2.45) is 4.99 Å². The molecule has 0 spiro atoms. The van der Waals surface area contributed by atoms with E-state index in [9.17, 15) is 4.79 Å². The van der Waals surface area contributed by atoms with E-state index in [1.165, 1.54) is 18.2 Å². The minimum atomic E-state index is 0.0328. The second-order valence-corrected chi connectivity index (χ2v) is 7.93. The lowest BCUT2D eigenvalue weighted by Gasteiger charge is -2.30. The van der Waals surface area contributed by atoms with Gasteiger partial charge in [0, 0.05) is 17.8 Å². The zero-order chi connectivity index (χ0) is 19.3. The molecule has 0 radical (unpaired) electrons. The van der Waals surface area contributed by atoms with Gasteiger partial charge in [0.25, 0.3) is 5.91 Å². The average molecular weight is 394 g/mol. The molecule has 1 amide bonds. The number of thioether (sulfide) groups is 1. The topological polar surface area (TPSA) is 54.8 Å². The number of carbonyl (C=O) groups excluding carboxylic acids is 1. The van der Waals surface area contributed by atoms with Gasteiger partial charge in [-0.25, -0.2) is 4.99 Å². The van der Waals surface area contributed by atoms with Crippen LogP contribution < -0.4 is 4.74 Å². The molecule has 2 aliphatic rings. The number of hydrogen-bond acceptors (Lipinski definition) is 5. The Labute approximate surface area is 169 Å². The fourth-order valence-electron chi connectivity index (χ4n) is 3.68. The van der Waals surface area contributed by atoms with Crippen molar-refractivity contribution in [3.8, 4) is 5.75 Å². The minimum absolute atomic E-state index is 0.0328. The Morgan fingerprint density at radius 1 is 1.18 bits per heavy atom. The van der Waals surface area contributed by atoms with Crippen LogP contribution in [0.4, 0.5) is 5.69 Å². The maximum Gasteiger partial charge on any atom is 0.267 e. The van der Waals surface area contributed by atoms with E-state index < -0.39 is 0 Å². The Bertz CT molecular complexity index is 905. The molecule has 2 aromatic rings. The summed E-state index contributed by atoms with van der Waals surface area (Å²) in [6.07, 6.45) is 11.0. The van der Waals surface area contributed by atoms with E-state index in [1.54, 1.807) is 19.5 Å². The van der Waals surface area contributed by atoms with Crippen LogP contribution in [-0.4, -0.2) is 34.1 Å². The molecule has 5 nitrogen and oxygen atoms in total. The lowest BCUT2D eigenvalue weighted by Crippen LogP contribution is -2.40. The van der Waals surface area contributed by atoms with Crippen molar-refractivity contribution < 1.29 is 9.53 Å². The first-order valence-corrected chi connectivity index (χ1v) is 10.4. The van der Waals surface area contributed by atoms with Crippen LogP contribution in [0.2, 0.25) is 0 Å². The smallest absolute Gasteiger partial charge is 0.267 e. The van der Waals surface area contributed by atoms with Crippen molar-refractivity contribution in [1.82, 2.24) is 9.88 Å². The van der Waals surface area contributed by atoms with E-state index in [0.29, 0.717) is 4.91 Å². The lowest BCUT2D eigenvalue weighted by molar-refractivity contribution is -0.124. The van der Waals surface area contributed by atoms with Gasteiger partial charge in [0.2, 0.25) is 0 Å². The summed E-state index contributed by atoms with van der Waals surface area (Å²) in [6.45, 7) is 0. The fourth-order valence-corrected chi connectivity index (χ4v) is 4.73. The summed E-state index contributed by atoms with van der Waals surface area (Å²) in [7, 11) is 1.64. The van der Waals surface area contributed by atoms with Crippen molar-refractivity contribution in [1.29, 1.82) is 0 Å². The van der Waals surface area contributed by atoms with Crippen LogP contribution in [0, 0.1) is 0 Å². The maximum atomic E-state index is 13.3. The first kappa shape index (κ1) is 18.7. The van der Waals surface area contributed by atoms with Gasteiger partial charge >= 0.3 is 0 Å². The molecule has 0 atom stereocenters. The number of methoxy groups -OCH3 is 1. The van der Waals surface area contributed by atoms with Crippen LogP contribution in [0.5, 0.6) is 5.75 Å². The van der Waals surface area contributed by atoms with E-state index in [0.717, 1.165) is 47.9 Å². The Balaban J connectivity index is 1.71. The van der Waals surface area contributed by atoms with Crippen LogP contribution in [0.15, 0.2) is 58.7 Å². The number of amides is 1. The highest BCUT2D eigenvalue weighted by Crippen LogP contribution is 2.39. The van der Waals surface area contributed by atoms with Crippen LogP contribution >= 0.6 is 11.8 Å². The van der Waals surface area contributed by atoms with Crippen molar-refractivity contribution in [2.75, 3.05) is 7.11 Å². The second kappa shape index (κ2) is 8.61. The number of nitrogens with zero attached hydrogens (tertiary/aromatic N) is 3. The van der Waals surface area contributed by atoms with Crippen molar-refractivity contribution in [3.63, 3.8) is 0 Å². The molecule has 2 heterocycles. The molecule has 1 aliphatic heterocycles. The summed E-state index contributed by atoms with van der Waals surface area (Å²) in [6, 6.07) is 11.7. The Kier molecular flexibility index (Phi) is 5.76. The van der Waals surface area contributed by atoms with Gasteiger partial charge in [-0.3, -0.25) is 14.7 Å². The van der Waals surface area contributed by atoms with E-state index in [1.807, 2.05) is 47.4 Å². The van der Waals surface area contributed by atoms with Crippen molar-refractivity contribution >= 4 is 34.6 Å². The molecule has 1 saturated carbocycles. The standard InChI is InChI=1S/C22H23N3O2S/c1-27-19-12-6-5-8-16(19)14-20-21(26)25(18-10-3-2-4-11-18)22(28-20)24-17-9-7-13-23-15-17/h5-9,12-15,18H,2-4,10-11H2,1H3/b20-14-,24-22?. The third-order valence-corrected chi connectivity index (χ3v) is 6.06. The quantitative estimate of drug-likeness (QED) is 0.684. The van der Waals surface area contributed by atoms with Crippen LogP contribution in [-0.2, 0) is 4.79 Å². The molecule has 1 aromatic carbocycles. The first-order valence-electron chi connectivity index (χ1n) is 9.61. The van der Waals surface area contributed by atoms with Gasteiger partial charge in [-0.15, -0.1) is 0 Å². The Hall–Kier alpha value is -2.60. The highest BCUT2D eigenvalue weighted by atomic mass is 32.2. The number of pyridine rings is 1. The second-order valence-electron chi connectivity index (χ2n) is 6.93. The van der Waals surface area contributed by atoms with Gasteiger partial charge < -0.3 is 4.74 Å². The zero-order valence-corrected chi connectivity index (χ0v) is 16.7. The van der Waals surface area contributed by atoms with Crippen molar-refractivity contribution in [3.05, 3.63) is 59.3 Å². The molecule has 2 fully saturated rings. The molecule has 4 rings (SSSR count). The number of benzene rings is 1. The molecule has 144 valence electrons. The predicted octanol–water partition coefficient (Wildman–Crippen LogP) is 5.03. The third-order valence-electron chi connectivity index (χ3n) is 5.07. The van der Waals surface area contributed by atoms with Gasteiger partial charge in [0.1, 0.15) is 5.75 Å². The summed E-state index contributed by atoms with van der Waals surface area (Å²) in [5, 5.41) is 0.742. The number of aromatic nitrogens is 1. The number of rotatable bonds is 4. The number of para-hydroxylation sites is 1. The van der Waals surface area contributed by atoms with E-state index in [4.69, 9.17) is 9.73 Å². The highest BCUT2D eigenvalue weighted by Gasteiger charge is 2.38. The molecule has 6 heteroatoms. The zero-order valence-electron chi connectivity index (χ0n) is 15.9. The summed E-state index contributed by atoms with van der Waals surface area (Å²) in [5.41, 5.74) is 1.66. The van der Waals surface area contributed by atoms with E-state index >= 15 is 0 Å². The predicted molar refractivity (Wildman–Crippen MR) is 114 cm³/mol. The average Bonchev–Trinajstić information content (AvgIpc) is 3.04. The van der Waals surface area contributed by atoms with E-state index in [-0.39, 0.29) is 11.9 Å². The SMILES string of the molecule is COc1ccccc1/C=C1\SC(=Nc2cccnc2)N(C2CCCCC2)C1=O. The molecular weight excluding hydrogens is 370 g/mol. The van der Waals surface area contributed by atoms with Gasteiger partial charge in [0.05, 0.1) is 23.9 Å². The van der Waals surface area contributed by atoms with Crippen LogP contribution in [0.25, 0.3) is 6.08 Å². The monoisotopic (exact) mass is 393 g/mol. The maximum absolute atomic E-state index is 13.3. The van der Waals surface area contributed by atoms with Gasteiger partial charge in [-0.2, -0.15) is 0 Å². The van der Waals surface area contributed by atoms with Gasteiger partial charge in [0.15, 0.2) is 5.17 Å². The number of amidine groups is 1. The number of aliphatic imine (C=N–C) groups is 1. The Morgan fingerprint density at radius 3 is 2.75 bits per heavy atom. The molecule has 1 saturated heterocycles. The number of carbonyl (C=O) groups is 1. The fraction of sp³-hybridized carbons (Fsp3) is 0.318. The van der Waals surface area contributed by atoms with Crippen molar-refractivity contribution in [2.45, 2.75) is 38.1 Å². The van der Waals surface area contributed by atoms with Gasteiger partial charge in [-0.05, 0) is 48.9 Å². The highest BCUT2D eigenvalue weighted by molar-refractivity contribution is 8.18. The molecule has 0 N–H and O–H groups in total. The molecule has 1 aliphatic carbocycles.